The number of rotatable bonds is 4. The summed E-state index contributed by atoms with van der Waals surface area (Å²) in [6.07, 6.45) is 1.86. The summed E-state index contributed by atoms with van der Waals surface area (Å²) in [5, 5.41) is 11.6. The van der Waals surface area contributed by atoms with Gasteiger partial charge in [0.25, 0.3) is 0 Å². The molecular formula is C10H18N2O3. The Morgan fingerprint density at radius 1 is 1.47 bits per heavy atom. The van der Waals surface area contributed by atoms with E-state index in [-0.39, 0.29) is 12.5 Å². The van der Waals surface area contributed by atoms with Crippen molar-refractivity contribution in [2.75, 3.05) is 6.54 Å². The van der Waals surface area contributed by atoms with Gasteiger partial charge in [0.05, 0.1) is 5.41 Å². The van der Waals surface area contributed by atoms with Crippen molar-refractivity contribution in [2.45, 2.75) is 38.6 Å². The lowest BCUT2D eigenvalue weighted by Gasteiger charge is -2.40. The van der Waals surface area contributed by atoms with Gasteiger partial charge in [-0.1, -0.05) is 0 Å². The van der Waals surface area contributed by atoms with E-state index < -0.39 is 16.9 Å². The van der Waals surface area contributed by atoms with Crippen LogP contribution in [0.2, 0.25) is 0 Å². The number of aliphatic carboxylic acids is 1. The lowest BCUT2D eigenvalue weighted by molar-refractivity contribution is -0.153. The van der Waals surface area contributed by atoms with Crippen molar-refractivity contribution in [3.05, 3.63) is 0 Å². The Morgan fingerprint density at radius 2 is 2.00 bits per heavy atom. The van der Waals surface area contributed by atoms with Crippen molar-refractivity contribution in [3.63, 3.8) is 0 Å². The van der Waals surface area contributed by atoms with Gasteiger partial charge >= 0.3 is 5.97 Å². The summed E-state index contributed by atoms with van der Waals surface area (Å²) in [7, 11) is 0. The lowest BCUT2D eigenvalue weighted by atomic mass is 9.75. The fraction of sp³-hybridized carbons (Fsp3) is 0.800. The van der Waals surface area contributed by atoms with E-state index in [2.05, 4.69) is 5.32 Å². The number of nitrogens with two attached hydrogens (primary N) is 1. The molecule has 1 fully saturated rings. The van der Waals surface area contributed by atoms with E-state index >= 15 is 0 Å². The maximum atomic E-state index is 11.8. The van der Waals surface area contributed by atoms with Crippen LogP contribution in [0, 0.1) is 5.41 Å². The Labute approximate surface area is 89.0 Å². The van der Waals surface area contributed by atoms with Crippen LogP contribution in [0.3, 0.4) is 0 Å². The van der Waals surface area contributed by atoms with Crippen LogP contribution in [0.1, 0.15) is 33.1 Å². The molecule has 0 atom stereocenters. The summed E-state index contributed by atoms with van der Waals surface area (Å²) in [6, 6.07) is 0. The van der Waals surface area contributed by atoms with Crippen molar-refractivity contribution in [1.82, 2.24) is 5.32 Å². The zero-order valence-electron chi connectivity index (χ0n) is 9.17. The molecule has 86 valence electrons. The van der Waals surface area contributed by atoms with Gasteiger partial charge in [0, 0.05) is 6.54 Å². The van der Waals surface area contributed by atoms with Gasteiger partial charge in [-0.15, -0.1) is 0 Å². The average molecular weight is 214 g/mol. The minimum atomic E-state index is -1.04. The molecule has 0 aromatic carbocycles. The lowest BCUT2D eigenvalue weighted by Crippen LogP contribution is -2.62. The molecule has 0 aromatic heterocycles. The van der Waals surface area contributed by atoms with Crippen molar-refractivity contribution < 1.29 is 14.7 Å². The Kier molecular flexibility index (Phi) is 3.04. The minimum Gasteiger partial charge on any atom is -0.480 e. The van der Waals surface area contributed by atoms with Crippen LogP contribution in [0.25, 0.3) is 0 Å². The zero-order valence-corrected chi connectivity index (χ0v) is 9.17. The first-order valence-corrected chi connectivity index (χ1v) is 5.10. The van der Waals surface area contributed by atoms with Gasteiger partial charge in [-0.3, -0.25) is 4.79 Å². The van der Waals surface area contributed by atoms with Crippen LogP contribution >= 0.6 is 0 Å². The Balaban J connectivity index is 2.69. The van der Waals surface area contributed by atoms with Crippen molar-refractivity contribution in [3.8, 4) is 0 Å². The van der Waals surface area contributed by atoms with E-state index in [0.717, 1.165) is 6.42 Å². The van der Waals surface area contributed by atoms with Gasteiger partial charge in [-0.2, -0.15) is 0 Å². The first kappa shape index (κ1) is 12.0. The standard InChI is InChI=1S/C10H18N2O3/c1-9(2,6-11)7(13)12-10(8(14)15)4-3-5-10/h3-6,11H2,1-2H3,(H,12,13)(H,14,15). The highest BCUT2D eigenvalue weighted by Gasteiger charge is 2.47. The summed E-state index contributed by atoms with van der Waals surface area (Å²) in [4.78, 5) is 22.8. The second-order valence-corrected chi connectivity index (χ2v) is 4.78. The van der Waals surface area contributed by atoms with Crippen LogP contribution in [0.15, 0.2) is 0 Å². The van der Waals surface area contributed by atoms with Gasteiger partial charge in [-0.05, 0) is 33.1 Å². The van der Waals surface area contributed by atoms with E-state index in [9.17, 15) is 9.59 Å². The molecule has 0 spiro atoms. The number of nitrogens with one attached hydrogen (secondary N) is 1. The number of carboxylic acids is 1. The number of carboxylic acid groups (broad SMARTS) is 1. The van der Waals surface area contributed by atoms with Crippen molar-refractivity contribution in [1.29, 1.82) is 0 Å². The molecule has 5 heteroatoms. The van der Waals surface area contributed by atoms with Crippen LogP contribution < -0.4 is 11.1 Å². The van der Waals surface area contributed by atoms with E-state index in [0.29, 0.717) is 12.8 Å². The smallest absolute Gasteiger partial charge is 0.329 e. The first-order chi connectivity index (χ1) is 6.84. The quantitative estimate of drug-likeness (QED) is 0.618. The zero-order chi connectivity index (χ0) is 11.7. The molecular weight excluding hydrogens is 196 g/mol. The minimum absolute atomic E-state index is 0.203. The fourth-order valence-corrected chi connectivity index (χ4v) is 1.40. The maximum absolute atomic E-state index is 11.8. The van der Waals surface area contributed by atoms with Gasteiger partial charge in [0.15, 0.2) is 0 Å². The summed E-state index contributed by atoms with van der Waals surface area (Å²) in [5.41, 5.74) is 3.70. The molecule has 4 N–H and O–H groups in total. The number of carbonyl (C=O) groups excluding carboxylic acids is 1. The predicted octanol–water partition coefficient (Wildman–Crippen LogP) is 0.0948. The highest BCUT2D eigenvalue weighted by molar-refractivity contribution is 5.90. The molecule has 0 heterocycles. The van der Waals surface area contributed by atoms with Gasteiger partial charge in [0.1, 0.15) is 5.54 Å². The third kappa shape index (κ3) is 2.12. The molecule has 15 heavy (non-hydrogen) atoms. The Hall–Kier alpha value is -1.10. The summed E-state index contributed by atoms with van der Waals surface area (Å²) in [6.45, 7) is 3.61. The van der Waals surface area contributed by atoms with Crippen LogP contribution in [-0.2, 0) is 9.59 Å². The highest BCUT2D eigenvalue weighted by Crippen LogP contribution is 2.33. The molecule has 0 aromatic rings. The average Bonchev–Trinajstić information content (AvgIpc) is 2.10. The molecule has 0 saturated heterocycles. The largest absolute Gasteiger partial charge is 0.480 e. The summed E-state index contributed by atoms with van der Waals surface area (Å²) in [5.74, 6) is -1.23. The van der Waals surface area contributed by atoms with E-state index in [4.69, 9.17) is 10.8 Å². The second-order valence-electron chi connectivity index (χ2n) is 4.78. The van der Waals surface area contributed by atoms with E-state index in [1.165, 1.54) is 0 Å². The van der Waals surface area contributed by atoms with Gasteiger partial charge < -0.3 is 16.2 Å². The van der Waals surface area contributed by atoms with E-state index in [1.54, 1.807) is 13.8 Å². The topological polar surface area (TPSA) is 92.4 Å². The maximum Gasteiger partial charge on any atom is 0.329 e. The molecule has 1 aliphatic carbocycles. The van der Waals surface area contributed by atoms with Crippen LogP contribution in [0.5, 0.6) is 0 Å². The number of hydrogen-bond acceptors (Lipinski definition) is 3. The molecule has 0 bridgehead atoms. The first-order valence-electron chi connectivity index (χ1n) is 5.10. The molecule has 0 aliphatic heterocycles. The summed E-state index contributed by atoms with van der Waals surface area (Å²) < 4.78 is 0. The molecule has 5 nitrogen and oxygen atoms in total. The van der Waals surface area contributed by atoms with Crippen LogP contribution in [-0.4, -0.2) is 29.1 Å². The Morgan fingerprint density at radius 3 is 2.27 bits per heavy atom. The predicted molar refractivity (Wildman–Crippen MR) is 55.2 cm³/mol. The molecule has 1 amide bonds. The van der Waals surface area contributed by atoms with Crippen molar-refractivity contribution in [2.24, 2.45) is 11.1 Å². The number of amides is 1. The normalized spacial score (nSPS) is 19.1. The summed E-state index contributed by atoms with van der Waals surface area (Å²) >= 11 is 0. The molecule has 0 radical (unpaired) electrons. The molecule has 1 saturated carbocycles. The highest BCUT2D eigenvalue weighted by atomic mass is 16.4. The van der Waals surface area contributed by atoms with Gasteiger partial charge in [-0.25, -0.2) is 4.79 Å². The molecule has 1 aliphatic rings. The fourth-order valence-electron chi connectivity index (χ4n) is 1.40. The third-order valence-electron chi connectivity index (χ3n) is 3.09. The van der Waals surface area contributed by atoms with E-state index in [1.807, 2.05) is 0 Å². The number of carbonyl (C=O) groups is 2. The molecule has 0 unspecified atom stereocenters. The van der Waals surface area contributed by atoms with Gasteiger partial charge in [0.2, 0.25) is 5.91 Å². The molecule has 1 rings (SSSR count). The number of hydrogen-bond donors (Lipinski definition) is 3. The SMILES string of the molecule is CC(C)(CN)C(=O)NC1(C(=O)O)CCC1. The third-order valence-corrected chi connectivity index (χ3v) is 3.09. The second kappa shape index (κ2) is 3.81. The van der Waals surface area contributed by atoms with Crippen LogP contribution in [0.4, 0.5) is 0 Å². The Bertz CT molecular complexity index is 282. The van der Waals surface area contributed by atoms with Crippen molar-refractivity contribution >= 4 is 11.9 Å². The monoisotopic (exact) mass is 214 g/mol.